The van der Waals surface area contributed by atoms with E-state index < -0.39 is 0 Å². The first-order valence-corrected chi connectivity index (χ1v) is 11.7. The average molecular weight is 476 g/mol. The maximum absolute atomic E-state index is 13.0. The second kappa shape index (κ2) is 9.39. The van der Waals surface area contributed by atoms with E-state index in [1.807, 2.05) is 72.5 Å². The molecule has 0 unspecified atom stereocenters. The minimum absolute atomic E-state index is 0.0103. The Labute approximate surface area is 203 Å². The van der Waals surface area contributed by atoms with E-state index in [4.69, 9.17) is 26.1 Å². The number of aryl methyl sites for hydroxylation is 1. The molecule has 1 aliphatic heterocycles. The zero-order valence-electron chi connectivity index (χ0n) is 19.2. The Morgan fingerprint density at radius 2 is 1.91 bits per heavy atom. The molecular weight excluding hydrogens is 450 g/mol. The van der Waals surface area contributed by atoms with Crippen LogP contribution in [0.25, 0.3) is 11.0 Å². The molecule has 1 atom stereocenters. The number of methoxy groups -OCH3 is 1. The summed E-state index contributed by atoms with van der Waals surface area (Å²) in [6.45, 7) is 3.64. The summed E-state index contributed by atoms with van der Waals surface area (Å²) in [5.74, 6) is 2.51. The number of carbonyl (C=O) groups excluding carboxylic acids is 1. The summed E-state index contributed by atoms with van der Waals surface area (Å²) in [4.78, 5) is 19.7. The molecule has 6 nitrogen and oxygen atoms in total. The fourth-order valence-corrected chi connectivity index (χ4v) is 4.63. The molecule has 0 aliphatic carbocycles. The Kier molecular flexibility index (Phi) is 6.16. The number of nitrogens with zero attached hydrogens (tertiary/aromatic N) is 3. The van der Waals surface area contributed by atoms with E-state index in [1.54, 1.807) is 7.11 Å². The van der Waals surface area contributed by atoms with Gasteiger partial charge in [0.05, 0.1) is 24.7 Å². The molecule has 3 aromatic carbocycles. The van der Waals surface area contributed by atoms with Crippen molar-refractivity contribution in [3.8, 4) is 11.5 Å². The van der Waals surface area contributed by atoms with Crippen molar-refractivity contribution in [2.45, 2.75) is 25.8 Å². The van der Waals surface area contributed by atoms with Crippen molar-refractivity contribution in [3.05, 3.63) is 83.1 Å². The van der Waals surface area contributed by atoms with E-state index in [-0.39, 0.29) is 11.8 Å². The maximum Gasteiger partial charge on any atom is 0.227 e. The Morgan fingerprint density at radius 1 is 1.06 bits per heavy atom. The number of carbonyl (C=O) groups is 1. The first kappa shape index (κ1) is 22.3. The summed E-state index contributed by atoms with van der Waals surface area (Å²) in [6.07, 6.45) is 0.414. The number of benzene rings is 3. The lowest BCUT2D eigenvalue weighted by Gasteiger charge is -2.18. The van der Waals surface area contributed by atoms with Gasteiger partial charge >= 0.3 is 0 Å². The fourth-order valence-electron chi connectivity index (χ4n) is 4.51. The van der Waals surface area contributed by atoms with E-state index in [9.17, 15) is 4.79 Å². The normalized spacial score (nSPS) is 15.8. The summed E-state index contributed by atoms with van der Waals surface area (Å²) in [6, 6.07) is 21.4. The molecule has 5 rings (SSSR count). The molecule has 0 saturated carbocycles. The van der Waals surface area contributed by atoms with Crippen LogP contribution in [0.15, 0.2) is 66.7 Å². The molecule has 0 N–H and O–H groups in total. The molecule has 174 valence electrons. The molecule has 1 saturated heterocycles. The van der Waals surface area contributed by atoms with E-state index in [2.05, 4.69) is 10.6 Å². The van der Waals surface area contributed by atoms with Crippen molar-refractivity contribution in [2.75, 3.05) is 25.2 Å². The van der Waals surface area contributed by atoms with Crippen molar-refractivity contribution in [3.63, 3.8) is 0 Å². The quantitative estimate of drug-likeness (QED) is 0.349. The summed E-state index contributed by atoms with van der Waals surface area (Å²) in [5.41, 5.74) is 3.79. The van der Waals surface area contributed by atoms with Crippen molar-refractivity contribution in [2.24, 2.45) is 0 Å². The van der Waals surface area contributed by atoms with Crippen LogP contribution in [0.3, 0.4) is 0 Å². The maximum atomic E-state index is 13.0. The number of anilines is 1. The van der Waals surface area contributed by atoms with Crippen molar-refractivity contribution in [1.29, 1.82) is 0 Å². The van der Waals surface area contributed by atoms with Gasteiger partial charge in [0.1, 0.15) is 23.9 Å². The van der Waals surface area contributed by atoms with Crippen LogP contribution in [0.1, 0.15) is 23.7 Å². The Morgan fingerprint density at radius 3 is 2.74 bits per heavy atom. The number of hydrogen-bond donors (Lipinski definition) is 0. The Hall–Kier alpha value is -3.51. The molecule has 0 bridgehead atoms. The number of aromatic nitrogens is 2. The molecule has 2 heterocycles. The van der Waals surface area contributed by atoms with Crippen LogP contribution in [0.4, 0.5) is 5.69 Å². The predicted molar refractivity (Wildman–Crippen MR) is 134 cm³/mol. The lowest BCUT2D eigenvalue weighted by Crippen LogP contribution is -2.24. The molecule has 0 spiro atoms. The first-order chi connectivity index (χ1) is 16.5. The molecular formula is C27H26ClN3O3. The van der Waals surface area contributed by atoms with Crippen molar-refractivity contribution >= 4 is 34.2 Å². The van der Waals surface area contributed by atoms with Crippen LogP contribution in [0.2, 0.25) is 5.02 Å². The van der Waals surface area contributed by atoms with Gasteiger partial charge in [-0.25, -0.2) is 4.98 Å². The first-order valence-electron chi connectivity index (χ1n) is 11.3. The van der Waals surface area contributed by atoms with Gasteiger partial charge in [-0.05, 0) is 55.0 Å². The number of imidazole rings is 1. The lowest BCUT2D eigenvalue weighted by molar-refractivity contribution is -0.117. The molecule has 1 fully saturated rings. The predicted octanol–water partition coefficient (Wildman–Crippen LogP) is 5.61. The highest BCUT2D eigenvalue weighted by atomic mass is 35.5. The number of para-hydroxylation sites is 2. The zero-order valence-corrected chi connectivity index (χ0v) is 20.0. The van der Waals surface area contributed by atoms with Crippen molar-refractivity contribution < 1.29 is 14.3 Å². The summed E-state index contributed by atoms with van der Waals surface area (Å²) >= 11 is 6.13. The monoisotopic (exact) mass is 475 g/mol. The number of hydrogen-bond acceptors (Lipinski definition) is 4. The van der Waals surface area contributed by atoms with E-state index in [0.717, 1.165) is 44.6 Å². The third kappa shape index (κ3) is 4.33. The highest BCUT2D eigenvalue weighted by Crippen LogP contribution is 2.34. The number of ether oxygens (including phenoxy) is 2. The molecule has 1 amide bonds. The van der Waals surface area contributed by atoms with Gasteiger partial charge in [-0.2, -0.15) is 0 Å². The number of amides is 1. The van der Waals surface area contributed by atoms with E-state index >= 15 is 0 Å². The van der Waals surface area contributed by atoms with Crippen LogP contribution in [-0.4, -0.2) is 35.7 Å². The van der Waals surface area contributed by atoms with Gasteiger partial charge in [-0.15, -0.1) is 0 Å². The number of halogens is 1. The van der Waals surface area contributed by atoms with E-state index in [1.165, 1.54) is 0 Å². The molecule has 1 aromatic heterocycles. The van der Waals surface area contributed by atoms with E-state index in [0.29, 0.717) is 26.1 Å². The van der Waals surface area contributed by atoms with Crippen LogP contribution >= 0.6 is 11.6 Å². The number of rotatable bonds is 7. The summed E-state index contributed by atoms with van der Waals surface area (Å²) in [5, 5.41) is 0.724. The van der Waals surface area contributed by atoms with Gasteiger partial charge in [-0.3, -0.25) is 4.79 Å². The highest BCUT2D eigenvalue weighted by Gasteiger charge is 2.35. The van der Waals surface area contributed by atoms with Gasteiger partial charge in [0.25, 0.3) is 0 Å². The van der Waals surface area contributed by atoms with Gasteiger partial charge in [-0.1, -0.05) is 29.8 Å². The van der Waals surface area contributed by atoms with Gasteiger partial charge in [0.2, 0.25) is 5.91 Å². The molecule has 34 heavy (non-hydrogen) atoms. The summed E-state index contributed by atoms with van der Waals surface area (Å²) in [7, 11) is 1.63. The molecule has 7 heteroatoms. The average Bonchev–Trinajstić information content (AvgIpc) is 3.42. The molecule has 4 aromatic rings. The third-order valence-corrected chi connectivity index (χ3v) is 6.68. The minimum Gasteiger partial charge on any atom is -0.497 e. The standard InChI is InChI=1S/C27H26ClN3O3/c1-18-14-22(10-11-23(18)28)34-13-12-30-25-9-4-3-8-24(25)29-27(30)19-15-26(32)31(17-19)20-6-5-7-21(16-20)33-2/h3-11,14,16,19H,12-13,15,17H2,1-2H3/t19-/m1/s1. The lowest BCUT2D eigenvalue weighted by atomic mass is 10.1. The van der Waals surface area contributed by atoms with Crippen molar-refractivity contribution in [1.82, 2.24) is 9.55 Å². The number of fused-ring (bicyclic) bond motifs is 1. The fraction of sp³-hybridized carbons (Fsp3) is 0.259. The topological polar surface area (TPSA) is 56.6 Å². The Balaban J connectivity index is 1.39. The van der Waals surface area contributed by atoms with Crippen LogP contribution < -0.4 is 14.4 Å². The Bertz CT molecular complexity index is 1350. The zero-order chi connectivity index (χ0) is 23.7. The second-order valence-electron chi connectivity index (χ2n) is 8.48. The van der Waals surface area contributed by atoms with Gasteiger partial charge < -0.3 is 18.9 Å². The van der Waals surface area contributed by atoms with Crippen LogP contribution in [0, 0.1) is 6.92 Å². The third-order valence-electron chi connectivity index (χ3n) is 6.25. The van der Waals surface area contributed by atoms with Gasteiger partial charge in [0, 0.05) is 35.7 Å². The SMILES string of the molecule is COc1cccc(N2C[C@H](c3nc4ccccc4n3CCOc3ccc(Cl)c(C)c3)CC2=O)c1. The molecule has 0 radical (unpaired) electrons. The molecule has 1 aliphatic rings. The highest BCUT2D eigenvalue weighted by molar-refractivity contribution is 6.31. The largest absolute Gasteiger partial charge is 0.497 e. The van der Waals surface area contributed by atoms with Gasteiger partial charge in [0.15, 0.2) is 0 Å². The summed E-state index contributed by atoms with van der Waals surface area (Å²) < 4.78 is 13.5. The second-order valence-corrected chi connectivity index (χ2v) is 8.88. The van der Waals surface area contributed by atoms with Crippen LogP contribution in [-0.2, 0) is 11.3 Å². The van der Waals surface area contributed by atoms with Crippen LogP contribution in [0.5, 0.6) is 11.5 Å². The smallest absolute Gasteiger partial charge is 0.227 e. The minimum atomic E-state index is -0.0103.